The van der Waals surface area contributed by atoms with Gasteiger partial charge in [-0.1, -0.05) is 30.3 Å². The molecule has 0 saturated carbocycles. The minimum atomic E-state index is -1.17. The molecule has 0 heterocycles. The molecule has 0 unspecified atom stereocenters. The standard InChI is InChI=1S/C32H51N3O9.C24H45N3O7/c1-30(2,3)42-25(36)19-18-24(27(38)44-32(7,8)9)35-28(39)34-23(26(37)43-31(4,5)6)17-13-14-20-33-29(40)41-21-22-15-11-10-12-16-22;1-22(2,3)32-18(28)14-13-17(20(30)34-24(7,8)9)27-21(31)26-16(12-10-11-15-25)19(29)33-23(4,5)6/h10-12,15-16,23-24H,13-14,17-21H2,1-9H3,(H,33,40)(H2,34,35,39);16-17H,10-15,25H2,1-9H3,(H2,26,27,31)/t23-,24-;16-,17-/m00/s1. The second-order valence-electron chi connectivity index (χ2n) is 24.6. The van der Waals surface area contributed by atoms with Gasteiger partial charge in [0.25, 0.3) is 0 Å². The van der Waals surface area contributed by atoms with Crippen LogP contribution in [0.1, 0.15) is 194 Å². The number of rotatable bonds is 25. The maximum absolute atomic E-state index is 13.0. The van der Waals surface area contributed by atoms with Gasteiger partial charge in [-0.15, -0.1) is 0 Å². The zero-order valence-corrected chi connectivity index (χ0v) is 50.0. The summed E-state index contributed by atoms with van der Waals surface area (Å²) in [5.41, 5.74) is 1.87. The Morgan fingerprint density at radius 3 is 1.04 bits per heavy atom. The van der Waals surface area contributed by atoms with E-state index in [2.05, 4.69) is 26.6 Å². The molecule has 0 aromatic heterocycles. The fraction of sp³-hybridized carbons (Fsp3) is 0.732. The summed E-state index contributed by atoms with van der Waals surface area (Å²) in [6.45, 7) is 31.8. The van der Waals surface area contributed by atoms with Crippen molar-refractivity contribution in [2.75, 3.05) is 13.1 Å². The second kappa shape index (κ2) is 33.3. The molecule has 0 bridgehead atoms. The largest absolute Gasteiger partial charge is 0.460 e. The van der Waals surface area contributed by atoms with E-state index in [-0.39, 0.29) is 38.7 Å². The number of amides is 5. The Labute approximate surface area is 463 Å². The third-order valence-corrected chi connectivity index (χ3v) is 9.45. The molecule has 1 aromatic rings. The fourth-order valence-corrected chi connectivity index (χ4v) is 6.44. The summed E-state index contributed by atoms with van der Waals surface area (Å²) >= 11 is 0. The van der Waals surface area contributed by atoms with Gasteiger partial charge in [-0.05, 0) is 188 Å². The van der Waals surface area contributed by atoms with Crippen molar-refractivity contribution in [1.29, 1.82) is 0 Å². The number of benzene rings is 1. The number of nitrogens with one attached hydrogen (secondary N) is 5. The molecule has 4 atom stereocenters. The number of carbonyl (C=O) groups is 9. The number of urea groups is 2. The number of unbranched alkanes of at least 4 members (excludes halogenated alkanes) is 2. The maximum atomic E-state index is 13.0. The Kier molecular flexibility index (Phi) is 30.7. The highest BCUT2D eigenvalue weighted by molar-refractivity contribution is 5.88. The first-order valence-corrected chi connectivity index (χ1v) is 26.7. The highest BCUT2D eigenvalue weighted by Crippen LogP contribution is 2.18. The second-order valence-corrected chi connectivity index (χ2v) is 24.6. The van der Waals surface area contributed by atoms with Crippen LogP contribution in [0.5, 0.6) is 0 Å². The molecular formula is C56H96N6O16. The summed E-state index contributed by atoms with van der Waals surface area (Å²) in [6.07, 6.45) is 1.87. The van der Waals surface area contributed by atoms with Crippen LogP contribution in [0, 0.1) is 0 Å². The van der Waals surface area contributed by atoms with Crippen LogP contribution in [-0.4, -0.2) is 125 Å². The van der Waals surface area contributed by atoms with Crippen molar-refractivity contribution in [3.63, 3.8) is 0 Å². The lowest BCUT2D eigenvalue weighted by atomic mass is 10.1. The van der Waals surface area contributed by atoms with Crippen LogP contribution in [0.2, 0.25) is 0 Å². The van der Waals surface area contributed by atoms with Crippen LogP contribution in [-0.2, 0) is 68.5 Å². The Balaban J connectivity index is 0.00000157. The van der Waals surface area contributed by atoms with Crippen molar-refractivity contribution in [1.82, 2.24) is 26.6 Å². The molecule has 0 aliphatic rings. The molecule has 0 spiro atoms. The first-order chi connectivity index (χ1) is 35.6. The van der Waals surface area contributed by atoms with Crippen molar-refractivity contribution in [3.05, 3.63) is 35.9 Å². The molecule has 5 amide bonds. The summed E-state index contributed by atoms with van der Waals surface area (Å²) in [5.74, 6) is -3.68. The number of hydrogen-bond donors (Lipinski definition) is 6. The number of alkyl carbamates (subject to hydrolysis) is 1. The van der Waals surface area contributed by atoms with Crippen LogP contribution >= 0.6 is 0 Å². The molecule has 22 heteroatoms. The van der Waals surface area contributed by atoms with Crippen molar-refractivity contribution < 1.29 is 76.3 Å². The van der Waals surface area contributed by atoms with Crippen molar-refractivity contribution in [2.45, 2.75) is 253 Å². The van der Waals surface area contributed by atoms with Gasteiger partial charge in [0.05, 0.1) is 0 Å². The Bertz CT molecular complexity index is 2060. The molecule has 0 fully saturated rings. The third kappa shape index (κ3) is 39.2. The molecule has 0 aliphatic carbocycles. The molecule has 0 radical (unpaired) electrons. The van der Waals surface area contributed by atoms with E-state index in [0.29, 0.717) is 45.2 Å². The highest BCUT2D eigenvalue weighted by atomic mass is 16.6. The lowest BCUT2D eigenvalue weighted by molar-refractivity contribution is -0.160. The fourth-order valence-electron chi connectivity index (χ4n) is 6.44. The van der Waals surface area contributed by atoms with Gasteiger partial charge in [0, 0.05) is 19.4 Å². The Morgan fingerprint density at radius 1 is 0.423 bits per heavy atom. The Morgan fingerprint density at radius 2 is 0.731 bits per heavy atom. The molecule has 446 valence electrons. The molecule has 0 aliphatic heterocycles. The molecule has 1 rings (SSSR count). The van der Waals surface area contributed by atoms with E-state index >= 15 is 0 Å². The van der Waals surface area contributed by atoms with Crippen LogP contribution in [0.4, 0.5) is 14.4 Å². The summed E-state index contributed by atoms with van der Waals surface area (Å²) < 4.78 is 37.5. The van der Waals surface area contributed by atoms with E-state index in [1.54, 1.807) is 125 Å². The summed E-state index contributed by atoms with van der Waals surface area (Å²) in [6, 6.07) is 3.49. The smallest absolute Gasteiger partial charge is 0.407 e. The zero-order valence-electron chi connectivity index (χ0n) is 50.0. The van der Waals surface area contributed by atoms with E-state index in [4.69, 9.17) is 38.9 Å². The van der Waals surface area contributed by atoms with Gasteiger partial charge in [-0.2, -0.15) is 0 Å². The van der Waals surface area contributed by atoms with Gasteiger partial charge >= 0.3 is 54.0 Å². The monoisotopic (exact) mass is 1110 g/mol. The minimum Gasteiger partial charge on any atom is -0.460 e. The topological polar surface area (TPSA) is 304 Å². The number of nitrogens with two attached hydrogens (primary N) is 1. The molecule has 78 heavy (non-hydrogen) atoms. The van der Waals surface area contributed by atoms with E-state index in [0.717, 1.165) is 5.56 Å². The predicted octanol–water partition coefficient (Wildman–Crippen LogP) is 7.88. The zero-order chi connectivity index (χ0) is 60.3. The van der Waals surface area contributed by atoms with Gasteiger partial charge in [0.15, 0.2) is 0 Å². The van der Waals surface area contributed by atoms with Crippen molar-refractivity contribution >= 4 is 54.0 Å². The lowest BCUT2D eigenvalue weighted by Crippen LogP contribution is -2.53. The molecule has 1 aromatic carbocycles. The first-order valence-electron chi connectivity index (χ1n) is 26.7. The van der Waals surface area contributed by atoms with E-state index in [1.807, 2.05) is 30.3 Å². The normalized spacial score (nSPS) is 13.5. The molecule has 22 nitrogen and oxygen atoms in total. The number of carbonyl (C=O) groups excluding carboxylic acids is 9. The average Bonchev–Trinajstić information content (AvgIpc) is 3.24. The van der Waals surface area contributed by atoms with Crippen LogP contribution in [0.15, 0.2) is 30.3 Å². The van der Waals surface area contributed by atoms with Crippen LogP contribution in [0.3, 0.4) is 0 Å². The van der Waals surface area contributed by atoms with Crippen molar-refractivity contribution in [3.8, 4) is 0 Å². The highest BCUT2D eigenvalue weighted by Gasteiger charge is 2.33. The quantitative estimate of drug-likeness (QED) is 0.0308. The van der Waals surface area contributed by atoms with Crippen molar-refractivity contribution in [2.24, 2.45) is 5.73 Å². The summed E-state index contributed by atoms with van der Waals surface area (Å²) in [7, 11) is 0. The summed E-state index contributed by atoms with van der Waals surface area (Å²) in [4.78, 5) is 113. The Hall–Kier alpha value is -6.19. The van der Waals surface area contributed by atoms with Gasteiger partial charge in [-0.25, -0.2) is 33.6 Å². The van der Waals surface area contributed by atoms with Crippen LogP contribution in [0.25, 0.3) is 0 Å². The van der Waals surface area contributed by atoms with Gasteiger partial charge in [0.2, 0.25) is 0 Å². The molecule has 7 N–H and O–H groups in total. The maximum Gasteiger partial charge on any atom is 0.407 e. The average molecular weight is 1110 g/mol. The minimum absolute atomic E-state index is 0.0263. The van der Waals surface area contributed by atoms with E-state index in [9.17, 15) is 43.2 Å². The number of hydrogen-bond acceptors (Lipinski definition) is 17. The number of esters is 6. The summed E-state index contributed by atoms with van der Waals surface area (Å²) in [5, 5.41) is 12.9. The molecule has 0 saturated heterocycles. The number of ether oxygens (including phenoxy) is 7. The van der Waals surface area contributed by atoms with E-state index in [1.165, 1.54) is 0 Å². The first kappa shape index (κ1) is 71.8. The van der Waals surface area contributed by atoms with E-state index < -0.39 is 112 Å². The molecular weight excluding hydrogens is 1010 g/mol. The van der Waals surface area contributed by atoms with Gasteiger partial charge in [-0.3, -0.25) is 9.59 Å². The predicted molar refractivity (Wildman–Crippen MR) is 293 cm³/mol. The van der Waals surface area contributed by atoms with Gasteiger partial charge < -0.3 is 65.5 Å². The van der Waals surface area contributed by atoms with Gasteiger partial charge in [0.1, 0.15) is 64.4 Å². The lowest BCUT2D eigenvalue weighted by Gasteiger charge is -2.27. The van der Waals surface area contributed by atoms with Crippen LogP contribution < -0.4 is 32.3 Å². The SMILES string of the molecule is CC(C)(C)OC(=O)CC[C@H](NC(=O)N[C@@H](CCCCN)C(=O)OC(C)(C)C)C(=O)OC(C)(C)C.CC(C)(C)OC(=O)CC[C@H](NC(=O)N[C@@H](CCCCNC(=O)OCc1ccccc1)C(=O)OC(C)(C)C)C(=O)OC(C)(C)C. The third-order valence-electron chi connectivity index (χ3n) is 9.45.